The average molecular weight is 583 g/mol. The molecule has 0 atom stereocenters. The minimum Gasteiger partial charge on any atom is -0.481 e. The fourth-order valence-electron chi connectivity index (χ4n) is 7.03. The van der Waals surface area contributed by atoms with Crippen LogP contribution >= 0.6 is 0 Å². The first-order chi connectivity index (χ1) is 20.4. The van der Waals surface area contributed by atoms with Gasteiger partial charge in [-0.1, -0.05) is 25.3 Å². The zero-order valence-electron chi connectivity index (χ0n) is 25.9. The smallest absolute Gasteiger partial charge is 0.303 e. The van der Waals surface area contributed by atoms with Crippen molar-refractivity contribution >= 4 is 24.1 Å². The van der Waals surface area contributed by atoms with Crippen LogP contribution in [0.5, 0.6) is 0 Å². The molecule has 0 aliphatic carbocycles. The summed E-state index contributed by atoms with van der Waals surface area (Å²) in [5, 5.41) is 19.0. The molecule has 0 amide bonds. The largest absolute Gasteiger partial charge is 0.481 e. The molecule has 8 heteroatoms. The molecule has 8 nitrogen and oxygen atoms in total. The predicted octanol–water partition coefficient (Wildman–Crippen LogP) is 6.24. The van der Waals surface area contributed by atoms with Crippen molar-refractivity contribution < 1.29 is 19.8 Å². The number of aromatic nitrogens is 4. The molecule has 0 radical (unpaired) electrons. The van der Waals surface area contributed by atoms with E-state index in [4.69, 9.17) is 0 Å². The SMILES string of the molecule is C=Cc1c2[nH]c(c1C)Cc1c(C=C)c(C)c(n1C)Cc1[nH]c(c(CCC(=O)O)c1C)Cc1[nH]c(c(C)c1CCC(=O)O)C2. The molecule has 1 aliphatic rings. The number of nitrogens with zero attached hydrogens (tertiary/aromatic N) is 1. The number of aromatic amines is 3. The van der Waals surface area contributed by atoms with Gasteiger partial charge in [0.1, 0.15) is 0 Å². The van der Waals surface area contributed by atoms with Crippen LogP contribution in [0.2, 0.25) is 0 Å². The lowest BCUT2D eigenvalue weighted by Gasteiger charge is -2.10. The number of fused-ring (bicyclic) bond motifs is 8. The van der Waals surface area contributed by atoms with Crippen molar-refractivity contribution in [2.24, 2.45) is 7.05 Å². The monoisotopic (exact) mass is 582 g/mol. The normalized spacial score (nSPS) is 12.9. The summed E-state index contributed by atoms with van der Waals surface area (Å²) in [6, 6.07) is 0. The second kappa shape index (κ2) is 11.7. The van der Waals surface area contributed by atoms with Crippen molar-refractivity contribution in [3.8, 4) is 0 Å². The van der Waals surface area contributed by atoms with Gasteiger partial charge < -0.3 is 29.7 Å². The van der Waals surface area contributed by atoms with Gasteiger partial charge in [-0.05, 0) is 85.0 Å². The van der Waals surface area contributed by atoms with Crippen LogP contribution in [0.15, 0.2) is 13.2 Å². The number of hydrogen-bond acceptors (Lipinski definition) is 2. The van der Waals surface area contributed by atoms with Gasteiger partial charge >= 0.3 is 11.9 Å². The van der Waals surface area contributed by atoms with E-state index in [0.717, 1.165) is 67.5 Å². The molecule has 0 aromatic carbocycles. The Kier molecular flexibility index (Phi) is 8.14. The highest BCUT2D eigenvalue weighted by Gasteiger charge is 2.25. The molecule has 1 aliphatic heterocycles. The third-order valence-corrected chi connectivity index (χ3v) is 9.57. The first-order valence-corrected chi connectivity index (χ1v) is 14.9. The molecule has 5 rings (SSSR count). The van der Waals surface area contributed by atoms with E-state index in [1.807, 2.05) is 12.2 Å². The Bertz CT molecular complexity index is 1770. The van der Waals surface area contributed by atoms with Crippen molar-refractivity contribution in [3.63, 3.8) is 0 Å². The molecule has 5 N–H and O–H groups in total. The number of rotatable bonds is 8. The quantitative estimate of drug-likeness (QED) is 0.148. The van der Waals surface area contributed by atoms with Gasteiger partial charge in [0.2, 0.25) is 0 Å². The van der Waals surface area contributed by atoms with Gasteiger partial charge in [0.05, 0.1) is 0 Å². The number of carboxylic acid groups (broad SMARTS) is 2. The topological polar surface area (TPSA) is 127 Å². The lowest BCUT2D eigenvalue weighted by molar-refractivity contribution is -0.138. The van der Waals surface area contributed by atoms with Crippen molar-refractivity contribution in [2.75, 3.05) is 0 Å². The van der Waals surface area contributed by atoms with E-state index in [-0.39, 0.29) is 12.8 Å². The summed E-state index contributed by atoms with van der Waals surface area (Å²) in [7, 11) is 2.11. The highest BCUT2D eigenvalue weighted by Crippen LogP contribution is 2.34. The second-order valence-electron chi connectivity index (χ2n) is 11.9. The van der Waals surface area contributed by atoms with Gasteiger partial charge in [-0.25, -0.2) is 0 Å². The number of nitrogens with one attached hydrogen (secondary N) is 3. The number of H-pyrrole nitrogens is 3. The van der Waals surface area contributed by atoms with Crippen LogP contribution < -0.4 is 0 Å². The summed E-state index contributed by atoms with van der Waals surface area (Å²) in [6.45, 7) is 16.7. The van der Waals surface area contributed by atoms with Crippen LogP contribution in [0.25, 0.3) is 12.2 Å². The summed E-state index contributed by atoms with van der Waals surface area (Å²) in [5.74, 6) is -1.66. The van der Waals surface area contributed by atoms with Gasteiger partial charge in [0.15, 0.2) is 0 Å². The Morgan fingerprint density at radius 1 is 0.651 bits per heavy atom. The number of hydrogen-bond donors (Lipinski definition) is 5. The van der Waals surface area contributed by atoms with Gasteiger partial charge in [-0.3, -0.25) is 9.59 Å². The maximum absolute atomic E-state index is 11.6. The summed E-state index contributed by atoms with van der Waals surface area (Å²) in [4.78, 5) is 34.3. The molecule has 4 aromatic rings. The molecule has 4 aromatic heterocycles. The summed E-state index contributed by atoms with van der Waals surface area (Å²) >= 11 is 0. The Morgan fingerprint density at radius 3 is 1.60 bits per heavy atom. The molecule has 0 saturated carbocycles. The van der Waals surface area contributed by atoms with E-state index in [1.165, 1.54) is 22.5 Å². The van der Waals surface area contributed by atoms with E-state index < -0.39 is 11.9 Å². The molecule has 0 saturated heterocycles. The first kappa shape index (κ1) is 30.0. The Hall–Kier alpha value is -4.46. The summed E-state index contributed by atoms with van der Waals surface area (Å²) < 4.78 is 2.28. The van der Waals surface area contributed by atoms with Gasteiger partial charge in [0, 0.05) is 91.1 Å². The molecular formula is C35H42N4O4. The van der Waals surface area contributed by atoms with E-state index in [2.05, 4.69) is 67.4 Å². The van der Waals surface area contributed by atoms with Gasteiger partial charge in [-0.2, -0.15) is 0 Å². The van der Waals surface area contributed by atoms with Crippen LogP contribution in [-0.2, 0) is 55.2 Å². The van der Waals surface area contributed by atoms with E-state index in [0.29, 0.717) is 38.5 Å². The minimum absolute atomic E-state index is 0.0379. The number of aliphatic carboxylic acids is 2. The average Bonchev–Trinajstić information content (AvgIpc) is 3.59. The zero-order valence-corrected chi connectivity index (χ0v) is 25.9. The van der Waals surface area contributed by atoms with Crippen molar-refractivity contribution in [2.45, 2.75) is 79.1 Å². The summed E-state index contributed by atoms with van der Waals surface area (Å²) in [5.41, 5.74) is 17.4. The maximum Gasteiger partial charge on any atom is 0.303 e. The second-order valence-corrected chi connectivity index (χ2v) is 11.9. The van der Waals surface area contributed by atoms with Crippen molar-refractivity contribution in [3.05, 3.63) is 103 Å². The van der Waals surface area contributed by atoms with Crippen molar-refractivity contribution in [1.82, 2.24) is 19.5 Å². The molecule has 8 bridgehead atoms. The summed E-state index contributed by atoms with van der Waals surface area (Å²) in [6.07, 6.45) is 7.32. The third-order valence-electron chi connectivity index (χ3n) is 9.57. The van der Waals surface area contributed by atoms with Gasteiger partial charge in [0.25, 0.3) is 0 Å². The van der Waals surface area contributed by atoms with Crippen LogP contribution in [0.4, 0.5) is 0 Å². The Labute approximate surface area is 252 Å². The van der Waals surface area contributed by atoms with Crippen LogP contribution in [0, 0.1) is 27.7 Å². The van der Waals surface area contributed by atoms with E-state index in [1.54, 1.807) is 0 Å². The van der Waals surface area contributed by atoms with Gasteiger partial charge in [-0.15, -0.1) is 0 Å². The van der Waals surface area contributed by atoms with Crippen LogP contribution in [0.1, 0.15) is 103 Å². The standard InChI is InChI=1S/C35H42N4O4/c1-8-22-18(3)28-17-33-23(9-2)21(6)32(39(33)7)16-27-20(5)25(11-13-35(42)43)31(38-27)15-30-24(10-12-34(40)41)19(4)26(36-30)14-29(22)37-28/h8-9,36-38H,1-2,10-17H2,3-7H3,(H,40,41)(H,42,43). The molecule has 0 spiro atoms. The Morgan fingerprint density at radius 2 is 1.09 bits per heavy atom. The fraction of sp³-hybridized carbons (Fsp3) is 0.371. The zero-order chi connectivity index (χ0) is 31.2. The molecule has 0 fully saturated rings. The molecular weight excluding hydrogens is 540 g/mol. The fourth-order valence-corrected chi connectivity index (χ4v) is 7.03. The number of carbonyl (C=O) groups is 2. The highest BCUT2D eigenvalue weighted by molar-refractivity contribution is 5.68. The first-order valence-electron chi connectivity index (χ1n) is 14.9. The lowest BCUT2D eigenvalue weighted by Crippen LogP contribution is -2.06. The van der Waals surface area contributed by atoms with E-state index >= 15 is 0 Å². The molecule has 5 heterocycles. The highest BCUT2D eigenvalue weighted by atomic mass is 16.4. The number of carboxylic acids is 2. The molecule has 226 valence electrons. The Balaban J connectivity index is 1.75. The van der Waals surface area contributed by atoms with Crippen LogP contribution in [-0.4, -0.2) is 41.7 Å². The molecule has 43 heavy (non-hydrogen) atoms. The lowest BCUT2D eigenvalue weighted by atomic mass is 9.97. The maximum atomic E-state index is 11.6. The predicted molar refractivity (Wildman–Crippen MR) is 170 cm³/mol. The van der Waals surface area contributed by atoms with E-state index in [9.17, 15) is 19.8 Å². The molecule has 0 unspecified atom stereocenters. The minimum atomic E-state index is -0.832. The van der Waals surface area contributed by atoms with Crippen molar-refractivity contribution in [1.29, 1.82) is 0 Å². The third kappa shape index (κ3) is 5.42. The van der Waals surface area contributed by atoms with Crippen LogP contribution in [0.3, 0.4) is 0 Å².